The molecule has 9 aromatic carbocycles. The second-order valence-electron chi connectivity index (χ2n) is 13.6. The third-order valence-electron chi connectivity index (χ3n) is 10.7. The number of fused-ring (bicyclic) bond motifs is 9. The smallest absolute Gasteiger partial charge is 0.147 e. The van der Waals surface area contributed by atoms with Crippen LogP contribution in [0.1, 0.15) is 0 Å². The van der Waals surface area contributed by atoms with E-state index in [9.17, 15) is 0 Å². The molecule has 0 atom stereocenters. The maximum absolute atomic E-state index is 6.42. The molecule has 0 saturated carbocycles. The maximum Gasteiger partial charge on any atom is 0.147 e. The Hall–Kier alpha value is -6.90. The van der Waals surface area contributed by atoms with Crippen LogP contribution in [0.4, 0.5) is 0 Å². The van der Waals surface area contributed by atoms with Crippen LogP contribution >= 0.6 is 0 Å². The molecular weight excluding hydrogens is 633 g/mol. The van der Waals surface area contributed by atoms with Gasteiger partial charge in [-0.3, -0.25) is 0 Å². The van der Waals surface area contributed by atoms with Gasteiger partial charge >= 0.3 is 0 Å². The van der Waals surface area contributed by atoms with Crippen LogP contribution in [0.2, 0.25) is 0 Å². The van der Waals surface area contributed by atoms with Crippen molar-refractivity contribution in [2.45, 2.75) is 0 Å². The summed E-state index contributed by atoms with van der Waals surface area (Å²) in [4.78, 5) is 0. The summed E-state index contributed by atoms with van der Waals surface area (Å²) in [7, 11) is 0. The van der Waals surface area contributed by atoms with Gasteiger partial charge in [0, 0.05) is 16.2 Å². The van der Waals surface area contributed by atoms with E-state index in [4.69, 9.17) is 8.83 Å². The molecule has 0 radical (unpaired) electrons. The van der Waals surface area contributed by atoms with Crippen LogP contribution in [0.15, 0.2) is 191 Å². The topological polar surface area (TPSA) is 26.3 Å². The summed E-state index contributed by atoms with van der Waals surface area (Å²) >= 11 is 0. The average Bonchev–Trinajstić information content (AvgIpc) is 3.78. The van der Waals surface area contributed by atoms with Crippen molar-refractivity contribution < 1.29 is 8.83 Å². The predicted molar refractivity (Wildman–Crippen MR) is 218 cm³/mol. The Morgan fingerprint density at radius 3 is 1.33 bits per heavy atom. The maximum atomic E-state index is 6.42. The Balaban J connectivity index is 1.01. The zero-order valence-corrected chi connectivity index (χ0v) is 28.1. The molecule has 0 N–H and O–H groups in total. The van der Waals surface area contributed by atoms with Gasteiger partial charge in [-0.25, -0.2) is 0 Å². The van der Waals surface area contributed by atoms with E-state index in [-0.39, 0.29) is 0 Å². The molecule has 0 amide bonds. The monoisotopic (exact) mass is 662 g/mol. The van der Waals surface area contributed by atoms with Crippen LogP contribution in [0, 0.1) is 0 Å². The van der Waals surface area contributed by atoms with Crippen LogP contribution in [0.5, 0.6) is 0 Å². The highest BCUT2D eigenvalue weighted by atomic mass is 16.3. The van der Waals surface area contributed by atoms with Crippen molar-refractivity contribution in [3.63, 3.8) is 0 Å². The van der Waals surface area contributed by atoms with E-state index in [2.05, 4.69) is 170 Å². The quantitative estimate of drug-likeness (QED) is 0.175. The molecule has 0 spiro atoms. The minimum atomic E-state index is 0.836. The zero-order valence-electron chi connectivity index (χ0n) is 28.1. The van der Waals surface area contributed by atoms with Crippen molar-refractivity contribution in [2.24, 2.45) is 0 Å². The van der Waals surface area contributed by atoms with Crippen molar-refractivity contribution in [3.8, 4) is 44.5 Å². The lowest BCUT2D eigenvalue weighted by atomic mass is 9.85. The molecule has 0 aliphatic rings. The normalized spacial score (nSPS) is 11.8. The summed E-state index contributed by atoms with van der Waals surface area (Å²) in [6, 6.07) is 65.1. The fourth-order valence-corrected chi connectivity index (χ4v) is 8.26. The number of furan rings is 2. The molecule has 242 valence electrons. The molecule has 52 heavy (non-hydrogen) atoms. The molecule has 0 bridgehead atoms. The minimum Gasteiger partial charge on any atom is -0.456 e. The van der Waals surface area contributed by atoms with E-state index in [1.54, 1.807) is 0 Å². The molecule has 0 unspecified atom stereocenters. The summed E-state index contributed by atoms with van der Waals surface area (Å²) in [5.41, 5.74) is 13.1. The standard InChI is InChI=1S/C50H30O2/c1-2-10-31(11-3-1)32-18-22-34(23-19-32)47-38-13-4-6-15-40(38)48(41-16-7-5-14-39(41)47)35-24-20-33(21-25-35)36-26-27-43-46(30-36)51-45-29-28-42-37-12-8-9-17-44(37)52-50(42)49(43)45/h1-30H. The minimum absolute atomic E-state index is 0.836. The molecule has 0 fully saturated rings. The first kappa shape index (κ1) is 28.9. The van der Waals surface area contributed by atoms with Crippen LogP contribution in [-0.4, -0.2) is 0 Å². The number of hydrogen-bond acceptors (Lipinski definition) is 2. The van der Waals surface area contributed by atoms with Gasteiger partial charge in [-0.1, -0.05) is 152 Å². The fraction of sp³-hybridized carbons (Fsp3) is 0. The number of hydrogen-bond donors (Lipinski definition) is 0. The van der Waals surface area contributed by atoms with Gasteiger partial charge in [0.1, 0.15) is 22.3 Å². The molecule has 0 saturated heterocycles. The lowest BCUT2D eigenvalue weighted by Crippen LogP contribution is -1.91. The van der Waals surface area contributed by atoms with E-state index in [0.29, 0.717) is 0 Å². The third kappa shape index (κ3) is 4.38. The molecule has 2 heteroatoms. The van der Waals surface area contributed by atoms with Gasteiger partial charge in [0.15, 0.2) is 0 Å². The van der Waals surface area contributed by atoms with Crippen molar-refractivity contribution in [1.29, 1.82) is 0 Å². The van der Waals surface area contributed by atoms with Gasteiger partial charge in [0.05, 0.1) is 5.39 Å². The predicted octanol–water partition coefficient (Wildman–Crippen LogP) is 14.5. The van der Waals surface area contributed by atoms with Gasteiger partial charge in [0.2, 0.25) is 0 Å². The summed E-state index contributed by atoms with van der Waals surface area (Å²) in [5, 5.41) is 9.32. The second-order valence-corrected chi connectivity index (χ2v) is 13.6. The molecule has 0 aliphatic carbocycles. The van der Waals surface area contributed by atoms with Crippen molar-refractivity contribution in [2.75, 3.05) is 0 Å². The van der Waals surface area contributed by atoms with E-state index in [0.717, 1.165) is 55.0 Å². The zero-order chi connectivity index (χ0) is 34.2. The van der Waals surface area contributed by atoms with Crippen LogP contribution in [0.25, 0.3) is 110 Å². The van der Waals surface area contributed by atoms with Crippen molar-refractivity contribution in [1.82, 2.24) is 0 Å². The highest BCUT2D eigenvalue weighted by molar-refractivity contribution is 6.23. The van der Waals surface area contributed by atoms with Crippen LogP contribution in [-0.2, 0) is 0 Å². The summed E-state index contributed by atoms with van der Waals surface area (Å²) < 4.78 is 12.8. The fourth-order valence-electron chi connectivity index (χ4n) is 8.26. The number of benzene rings is 9. The molecular formula is C50H30O2. The summed E-state index contributed by atoms with van der Waals surface area (Å²) in [6.07, 6.45) is 0. The van der Waals surface area contributed by atoms with Gasteiger partial charge in [-0.2, -0.15) is 0 Å². The molecule has 11 aromatic rings. The lowest BCUT2D eigenvalue weighted by molar-refractivity contribution is 0.663. The van der Waals surface area contributed by atoms with Crippen molar-refractivity contribution >= 4 is 65.4 Å². The van der Waals surface area contributed by atoms with Gasteiger partial charge in [0.25, 0.3) is 0 Å². The number of rotatable bonds is 4. The van der Waals surface area contributed by atoms with E-state index in [1.165, 1.54) is 54.9 Å². The third-order valence-corrected chi connectivity index (χ3v) is 10.7. The lowest BCUT2D eigenvalue weighted by Gasteiger charge is -2.18. The first-order valence-corrected chi connectivity index (χ1v) is 17.8. The highest BCUT2D eigenvalue weighted by Crippen LogP contribution is 2.45. The molecule has 2 heterocycles. The highest BCUT2D eigenvalue weighted by Gasteiger charge is 2.18. The molecule has 2 nitrogen and oxygen atoms in total. The van der Waals surface area contributed by atoms with E-state index >= 15 is 0 Å². The SMILES string of the molecule is c1ccc(-c2ccc(-c3c4ccccc4c(-c4ccc(-c5ccc6c(c5)oc5ccc7c8ccccc8oc7c56)cc4)c4ccccc34)cc2)cc1. The first-order chi connectivity index (χ1) is 25.8. The van der Waals surface area contributed by atoms with Gasteiger partial charge < -0.3 is 8.83 Å². The Kier molecular flexibility index (Phi) is 6.28. The Bertz CT molecular complexity index is 3090. The largest absolute Gasteiger partial charge is 0.456 e. The summed E-state index contributed by atoms with van der Waals surface area (Å²) in [6.45, 7) is 0. The first-order valence-electron chi connectivity index (χ1n) is 17.8. The molecule has 11 rings (SSSR count). The van der Waals surface area contributed by atoms with Gasteiger partial charge in [-0.05, 0) is 96.4 Å². The van der Waals surface area contributed by atoms with Crippen LogP contribution < -0.4 is 0 Å². The molecule has 2 aromatic heterocycles. The van der Waals surface area contributed by atoms with E-state index < -0.39 is 0 Å². The Morgan fingerprint density at radius 2 is 0.712 bits per heavy atom. The molecule has 0 aliphatic heterocycles. The van der Waals surface area contributed by atoms with Crippen LogP contribution in [0.3, 0.4) is 0 Å². The summed E-state index contributed by atoms with van der Waals surface area (Å²) in [5.74, 6) is 0. The average molecular weight is 663 g/mol. The van der Waals surface area contributed by atoms with E-state index in [1.807, 2.05) is 12.1 Å². The second kappa shape index (κ2) is 11.3. The Morgan fingerprint density at radius 1 is 0.250 bits per heavy atom. The van der Waals surface area contributed by atoms with Crippen molar-refractivity contribution in [3.05, 3.63) is 182 Å². The Labute approximate surface area is 299 Å². The number of para-hydroxylation sites is 1. The van der Waals surface area contributed by atoms with Gasteiger partial charge in [-0.15, -0.1) is 0 Å².